The first-order valence-corrected chi connectivity index (χ1v) is 7.34. The Morgan fingerprint density at radius 1 is 1.32 bits per heavy atom. The molecule has 8 heteroatoms. The molecule has 0 fully saturated rings. The Labute approximate surface area is 129 Å². The fourth-order valence-electron chi connectivity index (χ4n) is 1.84. The zero-order chi connectivity index (χ0) is 16.2. The molecule has 1 atom stereocenters. The van der Waals surface area contributed by atoms with Crippen molar-refractivity contribution in [3.63, 3.8) is 0 Å². The van der Waals surface area contributed by atoms with Crippen LogP contribution in [0, 0.1) is 0 Å². The highest BCUT2D eigenvalue weighted by molar-refractivity contribution is 7.09. The molecule has 1 heterocycles. The number of hydrogen-bond acceptors (Lipinski definition) is 4. The van der Waals surface area contributed by atoms with Crippen molar-refractivity contribution in [1.82, 2.24) is 10.3 Å². The fraction of sp³-hybridized carbons (Fsp3) is 0.286. The molecule has 2 aromatic rings. The lowest BCUT2D eigenvalue weighted by atomic mass is 10.1. The van der Waals surface area contributed by atoms with Gasteiger partial charge in [-0.2, -0.15) is 13.2 Å². The molecule has 0 aliphatic heterocycles. The van der Waals surface area contributed by atoms with Gasteiger partial charge in [-0.25, -0.2) is 4.98 Å². The molecule has 2 rings (SSSR count). The SMILES string of the molecule is NCc1nc(C(=O)NC(Cc2ccccc2)C(F)(F)F)cs1. The van der Waals surface area contributed by atoms with Gasteiger partial charge >= 0.3 is 6.18 Å². The molecule has 0 bridgehead atoms. The minimum absolute atomic E-state index is 0.0484. The number of nitrogens with zero attached hydrogens (tertiary/aromatic N) is 1. The van der Waals surface area contributed by atoms with Gasteiger partial charge in [-0.15, -0.1) is 11.3 Å². The Balaban J connectivity index is 2.11. The number of hydrogen-bond donors (Lipinski definition) is 2. The number of rotatable bonds is 5. The van der Waals surface area contributed by atoms with E-state index in [0.717, 1.165) is 11.3 Å². The predicted octanol–water partition coefficient (Wildman–Crippen LogP) is 2.51. The van der Waals surface area contributed by atoms with Gasteiger partial charge in [0.05, 0.1) is 0 Å². The molecule has 0 saturated carbocycles. The van der Waals surface area contributed by atoms with Crippen molar-refractivity contribution in [2.24, 2.45) is 5.73 Å². The van der Waals surface area contributed by atoms with Gasteiger partial charge in [-0.1, -0.05) is 30.3 Å². The highest BCUT2D eigenvalue weighted by Crippen LogP contribution is 2.23. The molecular weight excluding hydrogens is 315 g/mol. The van der Waals surface area contributed by atoms with Gasteiger partial charge in [0.15, 0.2) is 0 Å². The molecule has 0 spiro atoms. The number of amides is 1. The first kappa shape index (κ1) is 16.4. The van der Waals surface area contributed by atoms with E-state index in [4.69, 9.17) is 5.73 Å². The Hall–Kier alpha value is -1.93. The minimum Gasteiger partial charge on any atom is -0.339 e. The van der Waals surface area contributed by atoms with Gasteiger partial charge in [-0.05, 0) is 5.56 Å². The van der Waals surface area contributed by atoms with Crippen LogP contribution in [0.5, 0.6) is 0 Å². The van der Waals surface area contributed by atoms with Crippen LogP contribution < -0.4 is 11.1 Å². The van der Waals surface area contributed by atoms with Crippen LogP contribution >= 0.6 is 11.3 Å². The van der Waals surface area contributed by atoms with E-state index in [2.05, 4.69) is 4.98 Å². The van der Waals surface area contributed by atoms with Crippen molar-refractivity contribution in [2.75, 3.05) is 0 Å². The molecule has 4 nitrogen and oxygen atoms in total. The number of halogens is 3. The van der Waals surface area contributed by atoms with E-state index in [-0.39, 0.29) is 18.7 Å². The molecule has 1 unspecified atom stereocenters. The summed E-state index contributed by atoms with van der Waals surface area (Å²) in [6.07, 6.45) is -4.87. The lowest BCUT2D eigenvalue weighted by Gasteiger charge is -2.21. The molecule has 22 heavy (non-hydrogen) atoms. The quantitative estimate of drug-likeness (QED) is 0.886. The maximum absolute atomic E-state index is 13.1. The monoisotopic (exact) mass is 329 g/mol. The molecule has 0 saturated heterocycles. The third-order valence-corrected chi connectivity index (χ3v) is 3.81. The fourth-order valence-corrected chi connectivity index (χ4v) is 2.49. The first-order chi connectivity index (χ1) is 10.4. The van der Waals surface area contributed by atoms with Crippen LogP contribution in [-0.4, -0.2) is 23.1 Å². The van der Waals surface area contributed by atoms with Crippen LogP contribution in [0.25, 0.3) is 0 Å². The van der Waals surface area contributed by atoms with Gasteiger partial charge in [-0.3, -0.25) is 4.79 Å². The number of alkyl halides is 3. The second-order valence-electron chi connectivity index (χ2n) is 4.59. The van der Waals surface area contributed by atoms with Gasteiger partial charge < -0.3 is 11.1 Å². The van der Waals surface area contributed by atoms with E-state index < -0.39 is 18.1 Å². The van der Waals surface area contributed by atoms with Gasteiger partial charge in [0.2, 0.25) is 0 Å². The van der Waals surface area contributed by atoms with E-state index in [9.17, 15) is 18.0 Å². The van der Waals surface area contributed by atoms with Crippen LogP contribution in [-0.2, 0) is 13.0 Å². The number of carbonyl (C=O) groups is 1. The highest BCUT2D eigenvalue weighted by atomic mass is 32.1. The molecule has 0 aliphatic rings. The Bertz CT molecular complexity index is 628. The number of benzene rings is 1. The zero-order valence-corrected chi connectivity index (χ0v) is 12.2. The second kappa shape index (κ2) is 6.89. The predicted molar refractivity (Wildman–Crippen MR) is 77.5 cm³/mol. The summed E-state index contributed by atoms with van der Waals surface area (Å²) in [5.74, 6) is -0.853. The summed E-state index contributed by atoms with van der Waals surface area (Å²) in [5, 5.41) is 3.89. The lowest BCUT2D eigenvalue weighted by molar-refractivity contribution is -0.153. The van der Waals surface area contributed by atoms with Gasteiger partial charge in [0.1, 0.15) is 16.7 Å². The van der Waals surface area contributed by atoms with Crippen molar-refractivity contribution < 1.29 is 18.0 Å². The zero-order valence-electron chi connectivity index (χ0n) is 11.4. The van der Waals surface area contributed by atoms with Crippen molar-refractivity contribution in [3.8, 4) is 0 Å². The molecule has 1 amide bonds. The topological polar surface area (TPSA) is 68.0 Å². The molecule has 0 aliphatic carbocycles. The third-order valence-electron chi connectivity index (χ3n) is 2.94. The van der Waals surface area contributed by atoms with Crippen molar-refractivity contribution in [2.45, 2.75) is 25.2 Å². The van der Waals surface area contributed by atoms with E-state index in [1.807, 2.05) is 5.32 Å². The van der Waals surface area contributed by atoms with Crippen LogP contribution in [0.2, 0.25) is 0 Å². The molecule has 0 radical (unpaired) electrons. The van der Waals surface area contributed by atoms with Crippen molar-refractivity contribution >= 4 is 17.2 Å². The van der Waals surface area contributed by atoms with Crippen LogP contribution in [0.1, 0.15) is 21.1 Å². The molecular formula is C14H14F3N3OS. The molecule has 3 N–H and O–H groups in total. The number of carbonyl (C=O) groups excluding carboxylic acids is 1. The largest absolute Gasteiger partial charge is 0.408 e. The summed E-state index contributed by atoms with van der Waals surface area (Å²) in [6.45, 7) is 0.144. The van der Waals surface area contributed by atoms with Crippen LogP contribution in [0.3, 0.4) is 0 Å². The van der Waals surface area contributed by atoms with Gasteiger partial charge in [0.25, 0.3) is 5.91 Å². The van der Waals surface area contributed by atoms with Gasteiger partial charge in [0, 0.05) is 18.3 Å². The summed E-state index contributed by atoms with van der Waals surface area (Å²) in [6, 6.07) is 6.22. The number of aromatic nitrogens is 1. The number of nitrogens with two attached hydrogens (primary N) is 1. The summed E-state index contributed by atoms with van der Waals surface area (Å²) in [7, 11) is 0. The summed E-state index contributed by atoms with van der Waals surface area (Å²) in [5.41, 5.74) is 5.82. The number of nitrogens with one attached hydrogen (secondary N) is 1. The van der Waals surface area contributed by atoms with E-state index in [1.54, 1.807) is 30.3 Å². The Morgan fingerprint density at radius 2 is 2.00 bits per heavy atom. The third kappa shape index (κ3) is 4.28. The summed E-state index contributed by atoms with van der Waals surface area (Å²) >= 11 is 1.14. The summed E-state index contributed by atoms with van der Waals surface area (Å²) in [4.78, 5) is 15.8. The molecule has 1 aromatic carbocycles. The standard InChI is InChI=1S/C14H14F3N3OS/c15-14(16,17)11(6-9-4-2-1-3-5-9)20-13(21)10-8-22-12(7-18)19-10/h1-5,8,11H,6-7,18H2,(H,20,21). The minimum atomic E-state index is -4.54. The van der Waals surface area contributed by atoms with Crippen molar-refractivity contribution in [1.29, 1.82) is 0 Å². The van der Waals surface area contributed by atoms with E-state index in [0.29, 0.717) is 10.6 Å². The maximum atomic E-state index is 13.1. The number of thiazole rings is 1. The van der Waals surface area contributed by atoms with Crippen LogP contribution in [0.15, 0.2) is 35.7 Å². The Morgan fingerprint density at radius 3 is 2.55 bits per heavy atom. The van der Waals surface area contributed by atoms with E-state index in [1.165, 1.54) is 5.38 Å². The molecule has 1 aromatic heterocycles. The lowest BCUT2D eigenvalue weighted by Crippen LogP contribution is -2.46. The normalized spacial score (nSPS) is 12.9. The first-order valence-electron chi connectivity index (χ1n) is 6.46. The van der Waals surface area contributed by atoms with Crippen molar-refractivity contribution in [3.05, 3.63) is 52.0 Å². The van der Waals surface area contributed by atoms with E-state index >= 15 is 0 Å². The Kier molecular flexibility index (Phi) is 5.15. The van der Waals surface area contributed by atoms with Crippen LogP contribution in [0.4, 0.5) is 13.2 Å². The second-order valence-corrected chi connectivity index (χ2v) is 5.53. The molecule has 118 valence electrons. The highest BCUT2D eigenvalue weighted by Gasteiger charge is 2.40. The summed E-state index contributed by atoms with van der Waals surface area (Å²) < 4.78 is 39.3. The average Bonchev–Trinajstić information content (AvgIpc) is 2.95. The maximum Gasteiger partial charge on any atom is 0.408 e. The average molecular weight is 329 g/mol. The smallest absolute Gasteiger partial charge is 0.339 e.